The van der Waals surface area contributed by atoms with E-state index in [0.717, 1.165) is 12.1 Å². The first-order chi connectivity index (χ1) is 8.56. The molecule has 6 heteroatoms. The predicted octanol–water partition coefficient (Wildman–Crippen LogP) is 1.32. The number of aromatic nitrogens is 1. The Morgan fingerprint density at radius 2 is 2.28 bits per heavy atom. The molecule has 0 spiro atoms. The maximum absolute atomic E-state index is 12.4. The average Bonchev–Trinajstić information content (AvgIpc) is 2.78. The number of sulfonamides is 1. The molecule has 0 fully saturated rings. The van der Waals surface area contributed by atoms with E-state index in [0.29, 0.717) is 24.5 Å². The fourth-order valence-electron chi connectivity index (χ4n) is 1.71. The van der Waals surface area contributed by atoms with Crippen LogP contribution in [0.3, 0.4) is 0 Å². The van der Waals surface area contributed by atoms with Crippen molar-refractivity contribution in [2.45, 2.75) is 24.8 Å². The van der Waals surface area contributed by atoms with Gasteiger partial charge < -0.3 is 10.3 Å². The Balaban J connectivity index is 2.97. The second kappa shape index (κ2) is 6.72. The average molecular weight is 271 g/mol. The van der Waals surface area contributed by atoms with Gasteiger partial charge in [0.1, 0.15) is 0 Å². The second-order valence-corrected chi connectivity index (χ2v) is 5.98. The van der Waals surface area contributed by atoms with Gasteiger partial charge in [-0.2, -0.15) is 4.31 Å². The van der Waals surface area contributed by atoms with Crippen LogP contribution >= 0.6 is 0 Å². The smallest absolute Gasteiger partial charge is 0.244 e. The largest absolute Gasteiger partial charge is 0.363 e. The van der Waals surface area contributed by atoms with Crippen LogP contribution < -0.4 is 5.32 Å². The van der Waals surface area contributed by atoms with Crippen molar-refractivity contribution >= 4 is 10.0 Å². The summed E-state index contributed by atoms with van der Waals surface area (Å²) in [5.74, 6) is 0. The van der Waals surface area contributed by atoms with Crippen LogP contribution in [-0.4, -0.2) is 37.8 Å². The SMILES string of the molecule is C=CCN(CCC)S(=O)(=O)c1c[nH]c(CNC)c1. The zero-order valence-electron chi connectivity index (χ0n) is 10.9. The van der Waals surface area contributed by atoms with Gasteiger partial charge >= 0.3 is 0 Å². The molecule has 2 N–H and O–H groups in total. The normalized spacial score (nSPS) is 11.9. The van der Waals surface area contributed by atoms with Gasteiger partial charge in [-0.05, 0) is 19.5 Å². The van der Waals surface area contributed by atoms with E-state index in [4.69, 9.17) is 0 Å². The van der Waals surface area contributed by atoms with Crippen LogP contribution in [0.4, 0.5) is 0 Å². The van der Waals surface area contributed by atoms with Crippen LogP contribution in [0.2, 0.25) is 0 Å². The second-order valence-electron chi connectivity index (χ2n) is 4.04. The minimum Gasteiger partial charge on any atom is -0.363 e. The van der Waals surface area contributed by atoms with Gasteiger partial charge in [0, 0.05) is 31.5 Å². The predicted molar refractivity (Wildman–Crippen MR) is 72.8 cm³/mol. The van der Waals surface area contributed by atoms with Crippen molar-refractivity contribution in [1.82, 2.24) is 14.6 Å². The molecule has 0 bridgehead atoms. The molecule has 0 aliphatic rings. The minimum absolute atomic E-state index is 0.308. The molecule has 18 heavy (non-hydrogen) atoms. The van der Waals surface area contributed by atoms with Gasteiger partial charge in [-0.25, -0.2) is 8.42 Å². The first-order valence-electron chi connectivity index (χ1n) is 5.99. The van der Waals surface area contributed by atoms with Crippen LogP contribution in [0.15, 0.2) is 29.8 Å². The van der Waals surface area contributed by atoms with Gasteiger partial charge in [0.05, 0.1) is 4.90 Å². The highest BCUT2D eigenvalue weighted by Gasteiger charge is 2.23. The van der Waals surface area contributed by atoms with E-state index in [2.05, 4.69) is 16.9 Å². The third kappa shape index (κ3) is 3.44. The van der Waals surface area contributed by atoms with Gasteiger partial charge in [0.25, 0.3) is 0 Å². The highest BCUT2D eigenvalue weighted by atomic mass is 32.2. The monoisotopic (exact) mass is 271 g/mol. The van der Waals surface area contributed by atoms with E-state index in [1.807, 2.05) is 14.0 Å². The highest BCUT2D eigenvalue weighted by Crippen LogP contribution is 2.17. The summed E-state index contributed by atoms with van der Waals surface area (Å²) in [7, 11) is -1.60. The maximum atomic E-state index is 12.4. The lowest BCUT2D eigenvalue weighted by molar-refractivity contribution is 0.441. The van der Waals surface area contributed by atoms with Gasteiger partial charge in [0.15, 0.2) is 0 Å². The molecular formula is C12H21N3O2S. The van der Waals surface area contributed by atoms with Gasteiger partial charge in [-0.1, -0.05) is 13.0 Å². The molecule has 0 aliphatic carbocycles. The lowest BCUT2D eigenvalue weighted by atomic mass is 10.4. The number of aromatic amines is 1. The summed E-state index contributed by atoms with van der Waals surface area (Å²) in [6, 6.07) is 1.66. The van der Waals surface area contributed by atoms with Crippen molar-refractivity contribution in [3.8, 4) is 0 Å². The first kappa shape index (κ1) is 14.9. The Labute approximate surface area is 109 Å². The van der Waals surface area contributed by atoms with E-state index in [9.17, 15) is 8.42 Å². The molecule has 102 valence electrons. The van der Waals surface area contributed by atoms with Crippen molar-refractivity contribution in [3.63, 3.8) is 0 Å². The number of hydrogen-bond acceptors (Lipinski definition) is 3. The third-order valence-corrected chi connectivity index (χ3v) is 4.37. The molecule has 0 aliphatic heterocycles. The van der Waals surface area contributed by atoms with Gasteiger partial charge in [-0.3, -0.25) is 0 Å². The molecule has 0 radical (unpaired) electrons. The zero-order valence-corrected chi connectivity index (χ0v) is 11.8. The fraction of sp³-hybridized carbons (Fsp3) is 0.500. The summed E-state index contributed by atoms with van der Waals surface area (Å²) in [6.45, 7) is 7.01. The summed E-state index contributed by atoms with van der Waals surface area (Å²) in [4.78, 5) is 3.27. The summed E-state index contributed by atoms with van der Waals surface area (Å²) < 4.78 is 26.2. The molecule has 5 nitrogen and oxygen atoms in total. The summed E-state index contributed by atoms with van der Waals surface area (Å²) in [5, 5.41) is 2.97. The van der Waals surface area contributed by atoms with E-state index >= 15 is 0 Å². The lowest BCUT2D eigenvalue weighted by Gasteiger charge is -2.18. The quantitative estimate of drug-likeness (QED) is 0.701. The summed E-state index contributed by atoms with van der Waals surface area (Å²) in [6.07, 6.45) is 3.92. The van der Waals surface area contributed by atoms with Crippen molar-refractivity contribution in [3.05, 3.63) is 30.6 Å². The number of rotatable bonds is 8. The maximum Gasteiger partial charge on any atom is 0.244 e. The Morgan fingerprint density at radius 3 is 2.83 bits per heavy atom. The zero-order chi connectivity index (χ0) is 13.6. The van der Waals surface area contributed by atoms with E-state index in [1.165, 1.54) is 10.5 Å². The van der Waals surface area contributed by atoms with Crippen LogP contribution in [0, 0.1) is 0 Å². The molecule has 1 aromatic rings. The Kier molecular flexibility index (Phi) is 5.58. The van der Waals surface area contributed by atoms with E-state index in [-0.39, 0.29) is 0 Å². The molecule has 0 atom stereocenters. The Hall–Kier alpha value is -1.11. The molecule has 0 amide bonds. The molecule has 0 unspecified atom stereocenters. The van der Waals surface area contributed by atoms with Crippen LogP contribution in [0.1, 0.15) is 19.0 Å². The molecule has 0 aromatic carbocycles. The summed E-state index contributed by atoms with van der Waals surface area (Å²) in [5.41, 5.74) is 0.853. The molecule has 1 aromatic heterocycles. The lowest BCUT2D eigenvalue weighted by Crippen LogP contribution is -2.31. The number of hydrogen-bond donors (Lipinski definition) is 2. The first-order valence-corrected chi connectivity index (χ1v) is 7.43. The standard InChI is InChI=1S/C12H21N3O2S/c1-4-6-15(7-5-2)18(16,17)12-8-11(9-13-3)14-10-12/h4,8,10,13-14H,1,5-7,9H2,2-3H3. The van der Waals surface area contributed by atoms with Crippen molar-refractivity contribution < 1.29 is 8.42 Å². The Bertz CT molecular complexity index is 479. The van der Waals surface area contributed by atoms with E-state index < -0.39 is 10.0 Å². The molecule has 0 saturated heterocycles. The Morgan fingerprint density at radius 1 is 1.56 bits per heavy atom. The van der Waals surface area contributed by atoms with Crippen molar-refractivity contribution in [2.24, 2.45) is 0 Å². The third-order valence-electron chi connectivity index (χ3n) is 2.53. The van der Waals surface area contributed by atoms with Crippen LogP contribution in [-0.2, 0) is 16.6 Å². The van der Waals surface area contributed by atoms with Crippen LogP contribution in [0.25, 0.3) is 0 Å². The van der Waals surface area contributed by atoms with Gasteiger partial charge in [-0.15, -0.1) is 6.58 Å². The highest BCUT2D eigenvalue weighted by molar-refractivity contribution is 7.89. The topological polar surface area (TPSA) is 65.2 Å². The molecule has 1 heterocycles. The minimum atomic E-state index is -3.42. The van der Waals surface area contributed by atoms with Crippen molar-refractivity contribution in [2.75, 3.05) is 20.1 Å². The van der Waals surface area contributed by atoms with Crippen LogP contribution in [0.5, 0.6) is 0 Å². The summed E-state index contributed by atoms with van der Waals surface area (Å²) >= 11 is 0. The van der Waals surface area contributed by atoms with Gasteiger partial charge in [0.2, 0.25) is 10.0 Å². The number of nitrogens with zero attached hydrogens (tertiary/aromatic N) is 1. The van der Waals surface area contributed by atoms with E-state index in [1.54, 1.807) is 12.1 Å². The molecular weight excluding hydrogens is 250 g/mol. The fourth-order valence-corrected chi connectivity index (χ4v) is 3.23. The number of H-pyrrole nitrogens is 1. The molecule has 0 saturated carbocycles. The van der Waals surface area contributed by atoms with Crippen molar-refractivity contribution in [1.29, 1.82) is 0 Å². The number of nitrogens with one attached hydrogen (secondary N) is 2. The molecule has 1 rings (SSSR count).